The lowest BCUT2D eigenvalue weighted by atomic mass is 9.98. The fraction of sp³-hybridized carbons (Fsp3) is 0.778. The van der Waals surface area contributed by atoms with Crippen LogP contribution in [0.5, 0.6) is 0 Å². The first-order valence-corrected chi connectivity index (χ1v) is 10.4. The van der Waals surface area contributed by atoms with Gasteiger partial charge in [0.2, 0.25) is 0 Å². The molecule has 0 aromatic carbocycles. The van der Waals surface area contributed by atoms with Gasteiger partial charge >= 0.3 is 6.18 Å². The van der Waals surface area contributed by atoms with Gasteiger partial charge in [0, 0.05) is 25.6 Å². The summed E-state index contributed by atoms with van der Waals surface area (Å²) in [5.41, 5.74) is -0.845. The van der Waals surface area contributed by atoms with Gasteiger partial charge in [-0.3, -0.25) is 4.99 Å². The molecular formula is C18H29F3N4OS. The number of guanidine groups is 1. The molecule has 27 heavy (non-hydrogen) atoms. The third-order valence-corrected chi connectivity index (χ3v) is 5.34. The Hall–Kier alpha value is -1.35. The highest BCUT2D eigenvalue weighted by Gasteiger charge is 2.33. The Morgan fingerprint density at radius 2 is 2.00 bits per heavy atom. The molecule has 0 spiro atoms. The summed E-state index contributed by atoms with van der Waals surface area (Å²) in [6, 6.07) is 0. The van der Waals surface area contributed by atoms with Gasteiger partial charge in [-0.15, -0.1) is 11.3 Å². The number of ether oxygens (including phenoxy) is 1. The molecule has 0 amide bonds. The monoisotopic (exact) mass is 406 g/mol. The van der Waals surface area contributed by atoms with E-state index < -0.39 is 11.9 Å². The van der Waals surface area contributed by atoms with E-state index in [1.54, 1.807) is 7.05 Å². The number of aromatic nitrogens is 1. The summed E-state index contributed by atoms with van der Waals surface area (Å²) < 4.78 is 43.5. The van der Waals surface area contributed by atoms with Crippen LogP contribution in [0.2, 0.25) is 0 Å². The van der Waals surface area contributed by atoms with Crippen LogP contribution in [0.25, 0.3) is 0 Å². The lowest BCUT2D eigenvalue weighted by molar-refractivity contribution is -0.140. The Morgan fingerprint density at radius 3 is 2.67 bits per heavy atom. The van der Waals surface area contributed by atoms with Crippen molar-refractivity contribution < 1.29 is 17.9 Å². The fourth-order valence-corrected chi connectivity index (χ4v) is 3.74. The molecular weight excluding hydrogens is 377 g/mol. The molecule has 0 aliphatic heterocycles. The molecule has 1 aliphatic rings. The SMILES string of the molecule is CN=C(NCCCCCOC1CCCCC1)NCc1nc(C(F)(F)F)cs1. The first-order valence-electron chi connectivity index (χ1n) is 9.57. The molecule has 1 fully saturated rings. The summed E-state index contributed by atoms with van der Waals surface area (Å²) in [5, 5.41) is 7.57. The highest BCUT2D eigenvalue weighted by atomic mass is 32.1. The van der Waals surface area contributed by atoms with E-state index in [0.29, 0.717) is 17.1 Å². The Morgan fingerprint density at radius 1 is 1.22 bits per heavy atom. The molecule has 1 aromatic rings. The van der Waals surface area contributed by atoms with Crippen LogP contribution in [-0.2, 0) is 17.5 Å². The van der Waals surface area contributed by atoms with Crippen LogP contribution < -0.4 is 10.6 Å². The van der Waals surface area contributed by atoms with Crippen molar-refractivity contribution in [2.45, 2.75) is 70.2 Å². The summed E-state index contributed by atoms with van der Waals surface area (Å²) in [6.07, 6.45) is 5.50. The molecule has 0 saturated heterocycles. The molecule has 0 unspecified atom stereocenters. The van der Waals surface area contributed by atoms with Gasteiger partial charge in [0.25, 0.3) is 0 Å². The summed E-state index contributed by atoms with van der Waals surface area (Å²) in [4.78, 5) is 7.67. The van der Waals surface area contributed by atoms with E-state index in [1.165, 1.54) is 32.1 Å². The third kappa shape index (κ3) is 8.47. The minimum atomic E-state index is -4.39. The van der Waals surface area contributed by atoms with Crippen LogP contribution >= 0.6 is 11.3 Å². The van der Waals surface area contributed by atoms with Gasteiger partial charge in [0.1, 0.15) is 5.01 Å². The predicted octanol–water partition coefficient (Wildman–Crippen LogP) is 4.35. The molecule has 9 heteroatoms. The maximum atomic E-state index is 12.5. The molecule has 154 valence electrons. The van der Waals surface area contributed by atoms with E-state index in [1.807, 2.05) is 0 Å². The quantitative estimate of drug-likeness (QED) is 0.364. The molecule has 0 bridgehead atoms. The maximum Gasteiger partial charge on any atom is 0.434 e. The Balaban J connectivity index is 1.53. The zero-order chi connectivity index (χ0) is 19.5. The maximum absolute atomic E-state index is 12.5. The van der Waals surface area contributed by atoms with E-state index in [4.69, 9.17) is 4.74 Å². The smallest absolute Gasteiger partial charge is 0.378 e. The first-order chi connectivity index (χ1) is 13.0. The second kappa shape index (κ2) is 11.5. The summed E-state index contributed by atoms with van der Waals surface area (Å²) >= 11 is 0.988. The molecule has 2 N–H and O–H groups in total. The molecule has 2 rings (SSSR count). The molecule has 0 radical (unpaired) electrons. The largest absolute Gasteiger partial charge is 0.434 e. The number of alkyl halides is 3. The van der Waals surface area contributed by atoms with Gasteiger partial charge < -0.3 is 15.4 Å². The highest BCUT2D eigenvalue weighted by molar-refractivity contribution is 7.09. The second-order valence-electron chi connectivity index (χ2n) is 6.67. The van der Waals surface area contributed by atoms with Crippen molar-refractivity contribution in [2.75, 3.05) is 20.2 Å². The van der Waals surface area contributed by atoms with E-state index in [0.717, 1.165) is 49.1 Å². The molecule has 0 atom stereocenters. The molecule has 1 aliphatic carbocycles. The Labute approximate surface area is 162 Å². The van der Waals surface area contributed by atoms with Gasteiger partial charge in [0.15, 0.2) is 11.7 Å². The normalized spacial score (nSPS) is 16.5. The number of unbranched alkanes of at least 4 members (excludes halogenated alkanes) is 2. The number of halogens is 3. The number of hydrogen-bond donors (Lipinski definition) is 2. The minimum Gasteiger partial charge on any atom is -0.378 e. The van der Waals surface area contributed by atoms with Crippen molar-refractivity contribution >= 4 is 17.3 Å². The standard InChI is InChI=1S/C18H29F3N4OS/c1-22-17(24-12-16-25-15(13-27-16)18(19,20)21)23-10-6-3-7-11-26-14-8-4-2-5-9-14/h13-14H,2-12H2,1H3,(H2,22,23,24). The van der Waals surface area contributed by atoms with Crippen LogP contribution in [0.3, 0.4) is 0 Å². The Bertz CT molecular complexity index is 571. The lowest BCUT2D eigenvalue weighted by Gasteiger charge is -2.21. The van der Waals surface area contributed by atoms with Crippen LogP contribution in [0.1, 0.15) is 62.1 Å². The van der Waals surface area contributed by atoms with Gasteiger partial charge in [0.05, 0.1) is 12.6 Å². The van der Waals surface area contributed by atoms with Gasteiger partial charge in [-0.1, -0.05) is 19.3 Å². The van der Waals surface area contributed by atoms with E-state index in [-0.39, 0.29) is 6.54 Å². The molecule has 1 aromatic heterocycles. The summed E-state index contributed by atoms with van der Waals surface area (Å²) in [5.74, 6) is 0.567. The zero-order valence-corrected chi connectivity index (χ0v) is 16.6. The van der Waals surface area contributed by atoms with E-state index in [9.17, 15) is 13.2 Å². The van der Waals surface area contributed by atoms with Crippen LogP contribution in [0.15, 0.2) is 10.4 Å². The number of thiazole rings is 1. The van der Waals surface area contributed by atoms with Crippen molar-refractivity contribution in [3.8, 4) is 0 Å². The number of hydrogen-bond acceptors (Lipinski definition) is 4. The summed E-state index contributed by atoms with van der Waals surface area (Å²) in [7, 11) is 1.64. The lowest BCUT2D eigenvalue weighted by Crippen LogP contribution is -2.37. The number of aliphatic imine (C=N–C) groups is 1. The average molecular weight is 407 g/mol. The number of nitrogens with one attached hydrogen (secondary N) is 2. The number of nitrogens with zero attached hydrogens (tertiary/aromatic N) is 2. The highest BCUT2D eigenvalue weighted by Crippen LogP contribution is 2.29. The Kier molecular flexibility index (Phi) is 9.33. The molecule has 1 heterocycles. The van der Waals surface area contributed by atoms with Crippen LogP contribution in [0, 0.1) is 0 Å². The zero-order valence-electron chi connectivity index (χ0n) is 15.8. The van der Waals surface area contributed by atoms with E-state index in [2.05, 4.69) is 20.6 Å². The van der Waals surface area contributed by atoms with Crippen LogP contribution in [-0.4, -0.2) is 37.2 Å². The van der Waals surface area contributed by atoms with Gasteiger partial charge in [-0.2, -0.15) is 13.2 Å². The second-order valence-corrected chi connectivity index (χ2v) is 7.61. The predicted molar refractivity (Wildman–Crippen MR) is 102 cm³/mol. The van der Waals surface area contributed by atoms with Crippen LogP contribution in [0.4, 0.5) is 13.2 Å². The average Bonchev–Trinajstić information content (AvgIpc) is 3.14. The van der Waals surface area contributed by atoms with Crippen molar-refractivity contribution in [3.63, 3.8) is 0 Å². The molecule has 1 saturated carbocycles. The minimum absolute atomic E-state index is 0.218. The van der Waals surface area contributed by atoms with Crippen molar-refractivity contribution in [1.82, 2.24) is 15.6 Å². The van der Waals surface area contributed by atoms with Gasteiger partial charge in [-0.25, -0.2) is 4.98 Å². The van der Waals surface area contributed by atoms with Crippen molar-refractivity contribution in [3.05, 3.63) is 16.1 Å². The number of rotatable bonds is 9. The van der Waals surface area contributed by atoms with Gasteiger partial charge in [-0.05, 0) is 32.1 Å². The van der Waals surface area contributed by atoms with Crippen molar-refractivity contribution in [1.29, 1.82) is 0 Å². The van der Waals surface area contributed by atoms with Crippen molar-refractivity contribution in [2.24, 2.45) is 4.99 Å². The fourth-order valence-electron chi connectivity index (χ4n) is 2.99. The first kappa shape index (κ1) is 21.9. The molecule has 5 nitrogen and oxygen atoms in total. The topological polar surface area (TPSA) is 58.5 Å². The third-order valence-electron chi connectivity index (χ3n) is 4.49. The van der Waals surface area contributed by atoms with E-state index >= 15 is 0 Å². The summed E-state index contributed by atoms with van der Waals surface area (Å²) in [6.45, 7) is 1.80.